The molecule has 2 heterocycles. The number of aromatic nitrogens is 1. The van der Waals surface area contributed by atoms with Crippen LogP contribution in [0.5, 0.6) is 0 Å². The minimum Gasteiger partial charge on any atom is -0.394 e. The first-order chi connectivity index (χ1) is 14.9. The van der Waals surface area contributed by atoms with Gasteiger partial charge >= 0.3 is 0 Å². The van der Waals surface area contributed by atoms with Crippen molar-refractivity contribution in [3.05, 3.63) is 59.4 Å². The molecule has 0 aliphatic carbocycles. The number of pyridine rings is 1. The normalized spacial score (nSPS) is 21.5. The van der Waals surface area contributed by atoms with Gasteiger partial charge in [0.05, 0.1) is 36.2 Å². The number of aliphatic hydroxyl groups is 1. The highest BCUT2D eigenvalue weighted by atomic mass is 35.5. The number of ether oxygens (including phenoxy) is 1. The van der Waals surface area contributed by atoms with Gasteiger partial charge in [-0.15, -0.1) is 0 Å². The zero-order chi connectivity index (χ0) is 22.3. The number of benzene rings is 1. The van der Waals surface area contributed by atoms with E-state index in [9.17, 15) is 18.3 Å². The number of rotatable bonds is 9. The van der Waals surface area contributed by atoms with E-state index >= 15 is 0 Å². The van der Waals surface area contributed by atoms with E-state index < -0.39 is 22.2 Å². The molecule has 3 rings (SSSR count). The van der Waals surface area contributed by atoms with Crippen LogP contribution in [0.15, 0.2) is 53.6 Å². The summed E-state index contributed by atoms with van der Waals surface area (Å²) in [7, 11) is -3.76. The molecule has 3 N–H and O–H groups in total. The molecule has 1 saturated heterocycles. The summed E-state index contributed by atoms with van der Waals surface area (Å²) < 4.78 is 33.7. The van der Waals surface area contributed by atoms with Crippen LogP contribution in [0.25, 0.3) is 0 Å². The van der Waals surface area contributed by atoms with Gasteiger partial charge in [0.2, 0.25) is 15.9 Å². The molecule has 2 aromatic rings. The molecule has 168 valence electrons. The van der Waals surface area contributed by atoms with Crippen molar-refractivity contribution >= 4 is 27.5 Å². The highest BCUT2D eigenvalue weighted by molar-refractivity contribution is 7.89. The van der Waals surface area contributed by atoms with Crippen LogP contribution in [-0.2, 0) is 26.0 Å². The number of halogens is 1. The van der Waals surface area contributed by atoms with Crippen LogP contribution in [0.2, 0.25) is 5.02 Å². The van der Waals surface area contributed by atoms with Crippen LogP contribution in [0.3, 0.4) is 0 Å². The Bertz CT molecular complexity index is 957. The van der Waals surface area contributed by atoms with Crippen molar-refractivity contribution in [3.8, 4) is 0 Å². The predicted molar refractivity (Wildman–Crippen MR) is 116 cm³/mol. The Morgan fingerprint density at radius 1 is 1.19 bits per heavy atom. The average Bonchev–Trinajstić information content (AvgIpc) is 2.75. The molecule has 0 spiro atoms. The number of nitrogens with zero attached hydrogens (tertiary/aromatic N) is 1. The molecular weight excluding hydrogens is 442 g/mol. The maximum absolute atomic E-state index is 12.6. The van der Waals surface area contributed by atoms with E-state index in [1.54, 1.807) is 18.3 Å². The van der Waals surface area contributed by atoms with Crippen LogP contribution in [0, 0.1) is 0 Å². The standard InChI is InChI=1S/C21H26ClN3O5S/c22-15-4-7-18(8-5-15)31(28,29)25-19-9-6-17(30-20(19)14-26)10-12-24-21(27)13-16-3-1-2-11-23-16/h1-5,7-8,11,17,19-20,25-26H,6,9-10,12-14H2,(H,24,27)/t17-,19+,20-/m0/s1. The highest BCUT2D eigenvalue weighted by Crippen LogP contribution is 2.23. The largest absolute Gasteiger partial charge is 0.394 e. The Kier molecular flexibility index (Phi) is 8.39. The number of nitrogens with one attached hydrogen (secondary N) is 2. The highest BCUT2D eigenvalue weighted by Gasteiger charge is 2.33. The van der Waals surface area contributed by atoms with Crippen molar-refractivity contribution in [2.75, 3.05) is 13.2 Å². The number of aliphatic hydroxyl groups excluding tert-OH is 1. The first kappa shape index (κ1) is 23.6. The third kappa shape index (κ3) is 6.98. The van der Waals surface area contributed by atoms with Crippen molar-refractivity contribution in [3.63, 3.8) is 0 Å². The Morgan fingerprint density at radius 2 is 1.97 bits per heavy atom. The molecule has 3 atom stereocenters. The fourth-order valence-corrected chi connectivity index (χ4v) is 4.89. The van der Waals surface area contributed by atoms with E-state index in [-0.39, 0.29) is 29.9 Å². The molecule has 1 amide bonds. The van der Waals surface area contributed by atoms with Crippen molar-refractivity contribution in [1.82, 2.24) is 15.0 Å². The summed E-state index contributed by atoms with van der Waals surface area (Å²) in [5.41, 5.74) is 0.699. The van der Waals surface area contributed by atoms with Gasteiger partial charge in [-0.2, -0.15) is 0 Å². The number of hydrogen-bond donors (Lipinski definition) is 3. The Morgan fingerprint density at radius 3 is 2.65 bits per heavy atom. The molecule has 31 heavy (non-hydrogen) atoms. The van der Waals surface area contributed by atoms with E-state index in [0.717, 1.165) is 0 Å². The molecule has 1 aromatic carbocycles. The summed E-state index contributed by atoms with van der Waals surface area (Å²) in [6.07, 6.45) is 2.71. The van der Waals surface area contributed by atoms with E-state index in [4.69, 9.17) is 16.3 Å². The van der Waals surface area contributed by atoms with Crippen LogP contribution < -0.4 is 10.0 Å². The van der Waals surface area contributed by atoms with Crippen LogP contribution in [0.1, 0.15) is 25.0 Å². The van der Waals surface area contributed by atoms with Gasteiger partial charge in [-0.05, 0) is 55.7 Å². The van der Waals surface area contributed by atoms with Gasteiger partial charge in [-0.1, -0.05) is 17.7 Å². The van der Waals surface area contributed by atoms with Crippen LogP contribution >= 0.6 is 11.6 Å². The summed E-state index contributed by atoms with van der Waals surface area (Å²) >= 11 is 5.82. The van der Waals surface area contributed by atoms with Gasteiger partial charge in [0.1, 0.15) is 0 Å². The van der Waals surface area contributed by atoms with Gasteiger partial charge in [-0.3, -0.25) is 9.78 Å². The molecule has 1 aromatic heterocycles. The number of hydrogen-bond acceptors (Lipinski definition) is 6. The monoisotopic (exact) mass is 467 g/mol. The van der Waals surface area contributed by atoms with Crippen molar-refractivity contribution < 1.29 is 23.1 Å². The second-order valence-corrected chi connectivity index (χ2v) is 9.53. The number of carbonyl (C=O) groups excluding carboxylic acids is 1. The molecule has 0 radical (unpaired) electrons. The molecule has 8 nitrogen and oxygen atoms in total. The molecule has 0 saturated carbocycles. The number of carbonyl (C=O) groups is 1. The third-order valence-corrected chi connectivity index (χ3v) is 6.84. The first-order valence-corrected chi connectivity index (χ1v) is 11.9. The molecule has 1 fully saturated rings. The smallest absolute Gasteiger partial charge is 0.240 e. The lowest BCUT2D eigenvalue weighted by Crippen LogP contribution is -2.51. The fraction of sp³-hybridized carbons (Fsp3) is 0.429. The van der Waals surface area contributed by atoms with Gasteiger partial charge in [0.15, 0.2) is 0 Å². The zero-order valence-electron chi connectivity index (χ0n) is 16.9. The van der Waals surface area contributed by atoms with Gasteiger partial charge in [-0.25, -0.2) is 13.1 Å². The lowest BCUT2D eigenvalue weighted by molar-refractivity contribution is -0.121. The molecule has 0 bridgehead atoms. The van der Waals surface area contributed by atoms with Crippen molar-refractivity contribution in [2.24, 2.45) is 0 Å². The first-order valence-electron chi connectivity index (χ1n) is 10.1. The Hall–Kier alpha value is -2.04. The molecule has 1 aliphatic rings. The molecule has 10 heteroatoms. The van der Waals surface area contributed by atoms with Gasteiger partial charge in [0, 0.05) is 23.5 Å². The lowest BCUT2D eigenvalue weighted by Gasteiger charge is -2.36. The Labute approximate surface area is 187 Å². The minimum atomic E-state index is -3.76. The molecule has 0 unspecified atom stereocenters. The topological polar surface area (TPSA) is 118 Å². The second-order valence-electron chi connectivity index (χ2n) is 7.37. The number of amides is 1. The lowest BCUT2D eigenvalue weighted by atomic mass is 9.98. The fourth-order valence-electron chi connectivity index (χ4n) is 3.46. The summed E-state index contributed by atoms with van der Waals surface area (Å²) in [5, 5.41) is 13.0. The molecule has 1 aliphatic heterocycles. The van der Waals surface area contributed by atoms with Crippen molar-refractivity contribution in [1.29, 1.82) is 0 Å². The quantitative estimate of drug-likeness (QED) is 0.516. The van der Waals surface area contributed by atoms with E-state index in [1.165, 1.54) is 24.3 Å². The zero-order valence-corrected chi connectivity index (χ0v) is 18.5. The summed E-state index contributed by atoms with van der Waals surface area (Å²) in [6.45, 7) is 0.117. The van der Waals surface area contributed by atoms with Gasteiger partial charge < -0.3 is 15.2 Å². The summed E-state index contributed by atoms with van der Waals surface area (Å²) in [5.74, 6) is -0.123. The third-order valence-electron chi connectivity index (χ3n) is 5.08. The SMILES string of the molecule is O=C(Cc1ccccn1)NCC[C@@H]1CC[C@@H](NS(=O)(=O)c2ccc(Cl)cc2)[C@H](CO)O1. The second kappa shape index (κ2) is 11.0. The van der Waals surface area contributed by atoms with Crippen molar-refractivity contribution in [2.45, 2.75) is 48.8 Å². The number of sulfonamides is 1. The Balaban J connectivity index is 1.46. The average molecular weight is 468 g/mol. The van der Waals surface area contributed by atoms with Crippen LogP contribution in [-0.4, -0.2) is 55.8 Å². The van der Waals surface area contributed by atoms with E-state index in [2.05, 4.69) is 15.0 Å². The predicted octanol–water partition coefficient (Wildman–Crippen LogP) is 1.67. The maximum atomic E-state index is 12.6. The van der Waals surface area contributed by atoms with E-state index in [1.807, 2.05) is 6.07 Å². The van der Waals surface area contributed by atoms with Crippen LogP contribution in [0.4, 0.5) is 0 Å². The molecular formula is C21H26ClN3O5S. The van der Waals surface area contributed by atoms with Gasteiger partial charge in [0.25, 0.3) is 0 Å². The maximum Gasteiger partial charge on any atom is 0.240 e. The summed E-state index contributed by atoms with van der Waals surface area (Å²) in [4.78, 5) is 16.3. The minimum absolute atomic E-state index is 0.103. The summed E-state index contributed by atoms with van der Waals surface area (Å²) in [6, 6.07) is 10.8. The van der Waals surface area contributed by atoms with E-state index in [0.29, 0.717) is 36.5 Å².